The number of aliphatic imine (C=N–C) groups is 1. The summed E-state index contributed by atoms with van der Waals surface area (Å²) in [4.78, 5) is 24.8. The van der Waals surface area contributed by atoms with Gasteiger partial charge in [0.05, 0.1) is 24.9 Å². The molecule has 0 unspecified atom stereocenters. The number of halogens is 1. The van der Waals surface area contributed by atoms with Gasteiger partial charge < -0.3 is 9.47 Å². The van der Waals surface area contributed by atoms with Crippen LogP contribution in [0.15, 0.2) is 17.1 Å². The fourth-order valence-corrected chi connectivity index (χ4v) is 1.32. The Morgan fingerprint density at radius 1 is 1.44 bits per heavy atom. The molecule has 0 saturated heterocycles. The standard InChI is InChI=1S/C10H8ClNO4/c1-15-9-4-8(12-5-13)7(11)3-6(9)10(14)16-2/h3-4H,1-2H3. The van der Waals surface area contributed by atoms with Crippen LogP contribution in [0.3, 0.4) is 0 Å². The Hall–Kier alpha value is -1.84. The number of carbonyl (C=O) groups is 1. The first-order valence-electron chi connectivity index (χ1n) is 4.17. The van der Waals surface area contributed by atoms with Gasteiger partial charge in [-0.2, -0.15) is 4.99 Å². The van der Waals surface area contributed by atoms with Crippen molar-refractivity contribution in [3.05, 3.63) is 22.7 Å². The minimum atomic E-state index is -0.583. The Morgan fingerprint density at radius 2 is 2.12 bits per heavy atom. The molecule has 0 aromatic heterocycles. The molecule has 0 radical (unpaired) electrons. The molecule has 16 heavy (non-hydrogen) atoms. The van der Waals surface area contributed by atoms with Crippen LogP contribution in [-0.4, -0.2) is 26.3 Å². The smallest absolute Gasteiger partial charge is 0.341 e. The first kappa shape index (κ1) is 12.2. The average Bonchev–Trinajstić information content (AvgIpc) is 2.30. The van der Waals surface area contributed by atoms with Crippen LogP contribution in [0.2, 0.25) is 5.02 Å². The number of ether oxygens (including phenoxy) is 2. The molecule has 1 aromatic carbocycles. The molecule has 84 valence electrons. The van der Waals surface area contributed by atoms with E-state index in [4.69, 9.17) is 16.3 Å². The molecule has 0 amide bonds. The molecule has 0 atom stereocenters. The van der Waals surface area contributed by atoms with Gasteiger partial charge in [0.25, 0.3) is 0 Å². The summed E-state index contributed by atoms with van der Waals surface area (Å²) >= 11 is 5.80. The van der Waals surface area contributed by atoms with Crippen molar-refractivity contribution in [1.82, 2.24) is 0 Å². The van der Waals surface area contributed by atoms with E-state index in [9.17, 15) is 9.59 Å². The topological polar surface area (TPSA) is 65.0 Å². The summed E-state index contributed by atoms with van der Waals surface area (Å²) in [5.74, 6) is -0.356. The third-order valence-corrected chi connectivity index (χ3v) is 2.14. The van der Waals surface area contributed by atoms with Crippen LogP contribution in [0, 0.1) is 0 Å². The number of hydrogen-bond donors (Lipinski definition) is 0. The highest BCUT2D eigenvalue weighted by molar-refractivity contribution is 6.33. The van der Waals surface area contributed by atoms with Crippen LogP contribution in [-0.2, 0) is 9.53 Å². The molecule has 0 aliphatic heterocycles. The second kappa shape index (κ2) is 5.30. The lowest BCUT2D eigenvalue weighted by molar-refractivity contribution is 0.0597. The zero-order chi connectivity index (χ0) is 12.1. The molecule has 0 aliphatic carbocycles. The van der Waals surface area contributed by atoms with E-state index < -0.39 is 5.97 Å². The normalized spacial score (nSPS) is 9.19. The summed E-state index contributed by atoms with van der Waals surface area (Å²) in [5.41, 5.74) is 0.348. The molecule has 1 rings (SSSR count). The van der Waals surface area contributed by atoms with Gasteiger partial charge >= 0.3 is 5.97 Å². The van der Waals surface area contributed by atoms with Gasteiger partial charge in [-0.3, -0.25) is 0 Å². The predicted octanol–water partition coefficient (Wildman–Crippen LogP) is 2.10. The molecule has 0 N–H and O–H groups in total. The van der Waals surface area contributed by atoms with E-state index in [1.165, 1.54) is 32.4 Å². The SMILES string of the molecule is COC(=O)c1cc(Cl)c(N=C=O)cc1OC. The van der Waals surface area contributed by atoms with Crippen molar-refractivity contribution in [2.75, 3.05) is 14.2 Å². The lowest BCUT2D eigenvalue weighted by Gasteiger charge is -2.08. The van der Waals surface area contributed by atoms with Crippen LogP contribution in [0.1, 0.15) is 10.4 Å². The zero-order valence-electron chi connectivity index (χ0n) is 8.61. The Kier molecular flexibility index (Phi) is 4.05. The lowest BCUT2D eigenvalue weighted by Crippen LogP contribution is -2.03. The molecule has 0 saturated carbocycles. The molecular weight excluding hydrogens is 234 g/mol. The Balaban J connectivity index is 3.37. The van der Waals surface area contributed by atoms with E-state index in [-0.39, 0.29) is 22.0 Å². The molecule has 5 nitrogen and oxygen atoms in total. The minimum absolute atomic E-state index is 0.143. The van der Waals surface area contributed by atoms with Crippen molar-refractivity contribution in [3.8, 4) is 5.75 Å². The monoisotopic (exact) mass is 241 g/mol. The number of methoxy groups -OCH3 is 2. The first-order valence-corrected chi connectivity index (χ1v) is 4.55. The summed E-state index contributed by atoms with van der Waals surface area (Å²) in [6, 6.07) is 2.68. The van der Waals surface area contributed by atoms with Gasteiger partial charge in [-0.05, 0) is 6.07 Å². The highest BCUT2D eigenvalue weighted by atomic mass is 35.5. The maximum atomic E-state index is 11.3. The third kappa shape index (κ3) is 2.39. The molecule has 0 spiro atoms. The fraction of sp³-hybridized carbons (Fsp3) is 0.200. The highest BCUT2D eigenvalue weighted by Crippen LogP contribution is 2.32. The molecule has 0 fully saturated rings. The average molecular weight is 242 g/mol. The van der Waals surface area contributed by atoms with Gasteiger partial charge in [0, 0.05) is 6.07 Å². The number of isocyanates is 1. The predicted molar refractivity (Wildman–Crippen MR) is 57.1 cm³/mol. The fourth-order valence-electron chi connectivity index (χ4n) is 1.12. The molecule has 0 heterocycles. The summed E-state index contributed by atoms with van der Waals surface area (Å²) in [6.07, 6.45) is 1.36. The van der Waals surface area contributed by atoms with Gasteiger partial charge in [-0.1, -0.05) is 11.6 Å². The van der Waals surface area contributed by atoms with Crippen LogP contribution >= 0.6 is 11.6 Å². The van der Waals surface area contributed by atoms with E-state index in [1.807, 2.05) is 0 Å². The summed E-state index contributed by atoms with van der Waals surface area (Å²) in [6.45, 7) is 0. The van der Waals surface area contributed by atoms with Crippen LogP contribution in [0.5, 0.6) is 5.75 Å². The van der Waals surface area contributed by atoms with Gasteiger partial charge in [-0.25, -0.2) is 9.59 Å². The molecule has 0 bridgehead atoms. The summed E-state index contributed by atoms with van der Waals surface area (Å²) in [5, 5.41) is 0.143. The van der Waals surface area contributed by atoms with Crippen LogP contribution < -0.4 is 4.74 Å². The second-order valence-electron chi connectivity index (χ2n) is 2.70. The van der Waals surface area contributed by atoms with Crippen molar-refractivity contribution >= 4 is 29.3 Å². The maximum Gasteiger partial charge on any atom is 0.341 e. The van der Waals surface area contributed by atoms with E-state index in [0.29, 0.717) is 0 Å². The van der Waals surface area contributed by atoms with E-state index in [0.717, 1.165) is 0 Å². The van der Waals surface area contributed by atoms with Crippen molar-refractivity contribution in [3.63, 3.8) is 0 Å². The maximum absolute atomic E-state index is 11.3. The van der Waals surface area contributed by atoms with Crippen molar-refractivity contribution in [1.29, 1.82) is 0 Å². The number of esters is 1. The Bertz CT molecular complexity index is 466. The molecular formula is C10H8ClNO4. The highest BCUT2D eigenvalue weighted by Gasteiger charge is 2.16. The van der Waals surface area contributed by atoms with Gasteiger partial charge in [0.1, 0.15) is 11.3 Å². The number of rotatable bonds is 3. The van der Waals surface area contributed by atoms with E-state index in [1.54, 1.807) is 0 Å². The Morgan fingerprint density at radius 3 is 2.62 bits per heavy atom. The van der Waals surface area contributed by atoms with Gasteiger partial charge in [0.15, 0.2) is 0 Å². The third-order valence-electron chi connectivity index (χ3n) is 1.84. The number of benzene rings is 1. The van der Waals surface area contributed by atoms with Crippen molar-refractivity contribution < 1.29 is 19.1 Å². The second-order valence-corrected chi connectivity index (χ2v) is 3.11. The number of nitrogens with zero attached hydrogens (tertiary/aromatic N) is 1. The van der Waals surface area contributed by atoms with Crippen molar-refractivity contribution in [2.45, 2.75) is 0 Å². The molecule has 1 aromatic rings. The minimum Gasteiger partial charge on any atom is -0.496 e. The number of hydrogen-bond acceptors (Lipinski definition) is 5. The quantitative estimate of drug-likeness (QED) is 0.462. The Labute approximate surface area is 96.6 Å². The van der Waals surface area contributed by atoms with E-state index >= 15 is 0 Å². The van der Waals surface area contributed by atoms with Gasteiger partial charge in [0.2, 0.25) is 6.08 Å². The van der Waals surface area contributed by atoms with E-state index in [2.05, 4.69) is 9.73 Å². The zero-order valence-corrected chi connectivity index (χ0v) is 9.37. The van der Waals surface area contributed by atoms with Crippen LogP contribution in [0.4, 0.5) is 5.69 Å². The lowest BCUT2D eigenvalue weighted by atomic mass is 10.2. The largest absolute Gasteiger partial charge is 0.496 e. The summed E-state index contributed by atoms with van der Waals surface area (Å²) in [7, 11) is 2.62. The van der Waals surface area contributed by atoms with Gasteiger partial charge in [-0.15, -0.1) is 0 Å². The molecule has 0 aliphatic rings. The first-order chi connectivity index (χ1) is 7.63. The van der Waals surface area contributed by atoms with Crippen molar-refractivity contribution in [2.24, 2.45) is 4.99 Å². The van der Waals surface area contributed by atoms with Crippen LogP contribution in [0.25, 0.3) is 0 Å². The number of carbonyl (C=O) groups excluding carboxylic acids is 2. The molecule has 6 heteroatoms. The summed E-state index contributed by atoms with van der Waals surface area (Å²) < 4.78 is 9.51.